The Morgan fingerprint density at radius 3 is 2.67 bits per heavy atom. The number of H-pyrrole nitrogens is 2. The fourth-order valence-corrected chi connectivity index (χ4v) is 2.03. The van der Waals surface area contributed by atoms with Crippen molar-refractivity contribution in [1.29, 1.82) is 0 Å². The molecule has 7 heteroatoms. The maximum absolute atomic E-state index is 13.5. The highest BCUT2D eigenvalue weighted by Crippen LogP contribution is 2.18. The highest BCUT2D eigenvalue weighted by Gasteiger charge is 2.14. The van der Waals surface area contributed by atoms with Crippen LogP contribution in [-0.2, 0) is 0 Å². The van der Waals surface area contributed by atoms with Crippen molar-refractivity contribution >= 4 is 22.6 Å². The molecule has 21 heavy (non-hydrogen) atoms. The molecule has 0 atom stereocenters. The molecule has 0 fully saturated rings. The number of anilines is 1. The Hall–Kier alpha value is -2.96. The Kier molecular flexibility index (Phi) is 3.02. The van der Waals surface area contributed by atoms with Crippen LogP contribution in [0.2, 0.25) is 0 Å². The zero-order valence-corrected chi connectivity index (χ0v) is 10.5. The number of aromatic amines is 2. The molecule has 106 valence electrons. The van der Waals surface area contributed by atoms with Crippen molar-refractivity contribution in [3.05, 3.63) is 64.1 Å². The van der Waals surface area contributed by atoms with E-state index >= 15 is 0 Å². The van der Waals surface area contributed by atoms with Crippen LogP contribution in [-0.4, -0.2) is 15.9 Å². The minimum Gasteiger partial charge on any atom is -0.319 e. The van der Waals surface area contributed by atoms with Crippen LogP contribution in [0, 0.1) is 11.6 Å². The predicted molar refractivity (Wildman–Crippen MR) is 73.2 cm³/mol. The van der Waals surface area contributed by atoms with Crippen molar-refractivity contribution < 1.29 is 13.6 Å². The molecule has 5 nitrogen and oxygen atoms in total. The van der Waals surface area contributed by atoms with Gasteiger partial charge in [0.05, 0.1) is 22.3 Å². The quantitative estimate of drug-likeness (QED) is 0.677. The minimum absolute atomic E-state index is 0.142. The van der Waals surface area contributed by atoms with E-state index in [-0.39, 0.29) is 11.3 Å². The number of halogens is 2. The molecule has 0 spiro atoms. The van der Waals surface area contributed by atoms with Crippen LogP contribution in [0.15, 0.2) is 41.2 Å². The Morgan fingerprint density at radius 1 is 1.10 bits per heavy atom. The lowest BCUT2D eigenvalue weighted by Crippen LogP contribution is -2.14. The summed E-state index contributed by atoms with van der Waals surface area (Å²) in [6, 6.07) is 7.54. The van der Waals surface area contributed by atoms with Crippen LogP contribution in [0.5, 0.6) is 0 Å². The van der Waals surface area contributed by atoms with Crippen molar-refractivity contribution in [3.63, 3.8) is 0 Å². The molecule has 3 N–H and O–H groups in total. The third-order valence-electron chi connectivity index (χ3n) is 2.98. The molecule has 2 aromatic carbocycles. The second kappa shape index (κ2) is 4.86. The van der Waals surface area contributed by atoms with Gasteiger partial charge in [-0.1, -0.05) is 6.07 Å². The first-order valence-electron chi connectivity index (χ1n) is 6.02. The number of aromatic nitrogens is 2. The Morgan fingerprint density at radius 2 is 1.90 bits per heavy atom. The molecule has 0 saturated heterocycles. The topological polar surface area (TPSA) is 77.8 Å². The van der Waals surface area contributed by atoms with Gasteiger partial charge in [0.15, 0.2) is 0 Å². The molecular weight excluding hydrogens is 280 g/mol. The molecule has 1 amide bonds. The maximum atomic E-state index is 13.5. The van der Waals surface area contributed by atoms with Crippen molar-refractivity contribution in [2.75, 3.05) is 5.32 Å². The molecule has 3 rings (SSSR count). The van der Waals surface area contributed by atoms with Crippen LogP contribution in [0.3, 0.4) is 0 Å². The van der Waals surface area contributed by atoms with E-state index < -0.39 is 23.2 Å². The van der Waals surface area contributed by atoms with Gasteiger partial charge < -0.3 is 15.3 Å². The first kappa shape index (κ1) is 13.0. The fourth-order valence-electron chi connectivity index (χ4n) is 2.03. The lowest BCUT2D eigenvalue weighted by Gasteiger charge is -2.07. The number of nitrogens with one attached hydrogen (secondary N) is 3. The number of fused-ring (bicyclic) bond motifs is 1. The summed E-state index contributed by atoms with van der Waals surface area (Å²) in [5.74, 6) is -2.22. The van der Waals surface area contributed by atoms with Gasteiger partial charge in [-0.05, 0) is 24.3 Å². The standard InChI is InChI=1S/C14H9F2N3O2/c15-7-4-5-10(9(16)6-7)17-13(20)8-2-1-3-11-12(8)19-14(21)18-11/h1-6H,(H,17,20)(H2,18,19,21). The summed E-state index contributed by atoms with van der Waals surface area (Å²) in [5.41, 5.74) is 0.374. The number of hydrogen-bond acceptors (Lipinski definition) is 2. The van der Waals surface area contributed by atoms with Gasteiger partial charge in [-0.15, -0.1) is 0 Å². The predicted octanol–water partition coefficient (Wildman–Crippen LogP) is 2.39. The zero-order valence-electron chi connectivity index (χ0n) is 10.5. The highest BCUT2D eigenvalue weighted by atomic mass is 19.1. The molecule has 0 bridgehead atoms. The second-order valence-corrected chi connectivity index (χ2v) is 4.39. The van der Waals surface area contributed by atoms with Gasteiger partial charge in [0, 0.05) is 6.07 Å². The molecule has 3 aromatic rings. The molecule has 0 radical (unpaired) electrons. The summed E-state index contributed by atoms with van der Waals surface area (Å²) in [7, 11) is 0. The lowest BCUT2D eigenvalue weighted by atomic mass is 10.1. The zero-order chi connectivity index (χ0) is 15.0. The van der Waals surface area contributed by atoms with Crippen molar-refractivity contribution in [2.24, 2.45) is 0 Å². The van der Waals surface area contributed by atoms with E-state index in [4.69, 9.17) is 0 Å². The van der Waals surface area contributed by atoms with Crippen LogP contribution in [0.1, 0.15) is 10.4 Å². The normalized spacial score (nSPS) is 10.8. The van der Waals surface area contributed by atoms with Gasteiger partial charge in [-0.3, -0.25) is 4.79 Å². The van der Waals surface area contributed by atoms with Crippen molar-refractivity contribution in [1.82, 2.24) is 9.97 Å². The molecular formula is C14H9F2N3O2. The van der Waals surface area contributed by atoms with Crippen LogP contribution < -0.4 is 11.0 Å². The Bertz CT molecular complexity index is 899. The molecule has 0 saturated carbocycles. The van der Waals surface area contributed by atoms with Gasteiger partial charge in [-0.25, -0.2) is 13.6 Å². The summed E-state index contributed by atoms with van der Waals surface area (Å²) in [5, 5.41) is 2.34. The molecule has 0 aliphatic rings. The number of rotatable bonds is 2. The van der Waals surface area contributed by atoms with Gasteiger partial charge in [-0.2, -0.15) is 0 Å². The molecule has 0 unspecified atom stereocenters. The van der Waals surface area contributed by atoms with Crippen LogP contribution >= 0.6 is 0 Å². The van der Waals surface area contributed by atoms with Gasteiger partial charge >= 0.3 is 5.69 Å². The third kappa shape index (κ3) is 2.40. The third-order valence-corrected chi connectivity index (χ3v) is 2.98. The average molecular weight is 289 g/mol. The van der Waals surface area contributed by atoms with Crippen molar-refractivity contribution in [2.45, 2.75) is 0 Å². The SMILES string of the molecule is O=C(Nc1ccc(F)cc1F)c1cccc2[nH]c(=O)[nH]c12. The minimum atomic E-state index is -0.877. The highest BCUT2D eigenvalue weighted by molar-refractivity contribution is 6.11. The lowest BCUT2D eigenvalue weighted by molar-refractivity contribution is 0.102. The van der Waals surface area contributed by atoms with E-state index in [2.05, 4.69) is 15.3 Å². The van der Waals surface area contributed by atoms with Crippen molar-refractivity contribution in [3.8, 4) is 0 Å². The number of benzene rings is 2. The molecule has 1 heterocycles. The summed E-state index contributed by atoms with van der Waals surface area (Å²) in [4.78, 5) is 28.4. The molecule has 1 aromatic heterocycles. The molecule has 0 aliphatic heterocycles. The van der Waals surface area contributed by atoms with E-state index in [0.717, 1.165) is 12.1 Å². The number of imidazole rings is 1. The van der Waals surface area contributed by atoms with Gasteiger partial charge in [0.1, 0.15) is 11.6 Å². The Labute approximate surface area is 116 Å². The van der Waals surface area contributed by atoms with E-state index in [1.807, 2.05) is 0 Å². The van der Waals surface area contributed by atoms with Gasteiger partial charge in [0.2, 0.25) is 0 Å². The van der Waals surface area contributed by atoms with E-state index in [1.165, 1.54) is 6.07 Å². The smallest absolute Gasteiger partial charge is 0.319 e. The first-order chi connectivity index (χ1) is 10.0. The van der Waals surface area contributed by atoms with Crippen LogP contribution in [0.25, 0.3) is 11.0 Å². The van der Waals surface area contributed by atoms with Gasteiger partial charge in [0.25, 0.3) is 5.91 Å². The molecule has 0 aliphatic carbocycles. The summed E-state index contributed by atoms with van der Waals surface area (Å²) < 4.78 is 26.3. The van der Waals surface area contributed by atoms with Crippen LogP contribution in [0.4, 0.5) is 14.5 Å². The number of carbonyl (C=O) groups is 1. The number of carbonyl (C=O) groups excluding carboxylic acids is 1. The average Bonchev–Trinajstić information content (AvgIpc) is 2.81. The largest absolute Gasteiger partial charge is 0.323 e. The summed E-state index contributed by atoms with van der Waals surface area (Å²) in [6.45, 7) is 0. The number of amides is 1. The summed E-state index contributed by atoms with van der Waals surface area (Å²) in [6.07, 6.45) is 0. The van der Waals surface area contributed by atoms with E-state index in [9.17, 15) is 18.4 Å². The Balaban J connectivity index is 1.99. The number of hydrogen-bond donors (Lipinski definition) is 3. The van der Waals surface area contributed by atoms with E-state index in [1.54, 1.807) is 12.1 Å². The van der Waals surface area contributed by atoms with E-state index in [0.29, 0.717) is 17.1 Å². The first-order valence-corrected chi connectivity index (χ1v) is 6.02. The monoisotopic (exact) mass is 289 g/mol. The summed E-state index contributed by atoms with van der Waals surface area (Å²) >= 11 is 0. The maximum Gasteiger partial charge on any atom is 0.323 e. The fraction of sp³-hybridized carbons (Fsp3) is 0. The number of para-hydroxylation sites is 1. The second-order valence-electron chi connectivity index (χ2n) is 4.39.